The monoisotopic (exact) mass is 454 g/mol. The highest BCUT2D eigenvalue weighted by Crippen LogP contribution is 2.34. The first-order chi connectivity index (χ1) is 15.1. The van der Waals surface area contributed by atoms with Gasteiger partial charge in [0.15, 0.2) is 4.34 Å². The molecule has 8 nitrogen and oxygen atoms in total. The Morgan fingerprint density at radius 3 is 2.74 bits per heavy atom. The Bertz CT molecular complexity index is 1130. The van der Waals surface area contributed by atoms with Gasteiger partial charge in [-0.2, -0.15) is 0 Å². The lowest BCUT2D eigenvalue weighted by atomic mass is 10.1. The van der Waals surface area contributed by atoms with Crippen LogP contribution in [-0.2, 0) is 4.74 Å². The highest BCUT2D eigenvalue weighted by Gasteiger charge is 2.35. The van der Waals surface area contributed by atoms with Crippen LogP contribution in [-0.4, -0.2) is 53.1 Å². The second-order valence-corrected chi connectivity index (χ2v) is 8.75. The van der Waals surface area contributed by atoms with Crippen LogP contribution in [0.15, 0.2) is 57.2 Å². The molecule has 0 saturated carbocycles. The lowest BCUT2D eigenvalue weighted by Crippen LogP contribution is -2.31. The normalized spacial score (nSPS) is 12.9. The molecule has 0 bridgehead atoms. The van der Waals surface area contributed by atoms with Crippen molar-refractivity contribution in [2.75, 3.05) is 25.6 Å². The maximum atomic E-state index is 12.9. The number of methoxy groups -OCH3 is 1. The van der Waals surface area contributed by atoms with Crippen molar-refractivity contribution in [1.82, 2.24) is 15.1 Å². The fourth-order valence-electron chi connectivity index (χ4n) is 3.16. The summed E-state index contributed by atoms with van der Waals surface area (Å²) < 4.78 is 5.75. The predicted octanol–water partition coefficient (Wildman–Crippen LogP) is 3.57. The number of ether oxygens (including phenoxy) is 1. The number of aromatic nitrogens is 2. The molecule has 4 rings (SSSR count). The summed E-state index contributed by atoms with van der Waals surface area (Å²) in [6.07, 6.45) is 0.554. The largest absolute Gasteiger partial charge is 0.385 e. The van der Waals surface area contributed by atoms with Crippen molar-refractivity contribution >= 4 is 46.5 Å². The molecule has 10 heteroatoms. The van der Waals surface area contributed by atoms with Gasteiger partial charge in [-0.25, -0.2) is 0 Å². The lowest BCUT2D eigenvalue weighted by Gasteiger charge is -2.12. The number of amides is 3. The maximum Gasteiger partial charge on any atom is 0.261 e. The van der Waals surface area contributed by atoms with Gasteiger partial charge in [0.1, 0.15) is 5.51 Å². The smallest absolute Gasteiger partial charge is 0.261 e. The Morgan fingerprint density at radius 1 is 1.16 bits per heavy atom. The SMILES string of the molecule is COCCCN1C(=O)c2ccc(C(=O)Nc3ccccc3Sc3nncs3)cc2C1=O. The lowest BCUT2D eigenvalue weighted by molar-refractivity contribution is 0.0638. The molecule has 158 valence electrons. The first-order valence-electron chi connectivity index (χ1n) is 9.42. The molecule has 1 aliphatic heterocycles. The van der Waals surface area contributed by atoms with E-state index in [2.05, 4.69) is 15.5 Å². The van der Waals surface area contributed by atoms with Crippen LogP contribution in [0.4, 0.5) is 5.69 Å². The molecular weight excluding hydrogens is 436 g/mol. The average molecular weight is 455 g/mol. The summed E-state index contributed by atoms with van der Waals surface area (Å²) in [5.41, 5.74) is 3.12. The Hall–Kier alpha value is -3.08. The molecule has 2 aromatic carbocycles. The highest BCUT2D eigenvalue weighted by molar-refractivity contribution is 8.01. The number of imide groups is 1. The molecular formula is C21H18N4O4S2. The van der Waals surface area contributed by atoms with Crippen LogP contribution >= 0.6 is 23.1 Å². The molecule has 0 atom stereocenters. The van der Waals surface area contributed by atoms with E-state index >= 15 is 0 Å². The molecule has 0 saturated heterocycles. The molecule has 0 aliphatic carbocycles. The Balaban J connectivity index is 1.52. The minimum absolute atomic E-state index is 0.242. The van der Waals surface area contributed by atoms with Crippen molar-refractivity contribution in [1.29, 1.82) is 0 Å². The van der Waals surface area contributed by atoms with E-state index in [4.69, 9.17) is 4.74 Å². The Kier molecular flexibility index (Phi) is 6.40. The van der Waals surface area contributed by atoms with Crippen molar-refractivity contribution in [3.05, 3.63) is 64.7 Å². The molecule has 0 radical (unpaired) electrons. The van der Waals surface area contributed by atoms with Crippen molar-refractivity contribution < 1.29 is 19.1 Å². The van der Waals surface area contributed by atoms with Gasteiger partial charge in [0.25, 0.3) is 17.7 Å². The third-order valence-corrected chi connectivity index (χ3v) is 6.49. The molecule has 1 aromatic heterocycles. The number of carbonyl (C=O) groups excluding carboxylic acids is 3. The van der Waals surface area contributed by atoms with Gasteiger partial charge in [-0.15, -0.1) is 10.2 Å². The zero-order valence-corrected chi connectivity index (χ0v) is 18.2. The zero-order chi connectivity index (χ0) is 21.8. The van der Waals surface area contributed by atoms with Crippen molar-refractivity contribution in [2.45, 2.75) is 15.7 Å². The van der Waals surface area contributed by atoms with Gasteiger partial charge in [-0.3, -0.25) is 19.3 Å². The minimum Gasteiger partial charge on any atom is -0.385 e. The van der Waals surface area contributed by atoms with Gasteiger partial charge in [-0.1, -0.05) is 35.2 Å². The summed E-state index contributed by atoms with van der Waals surface area (Å²) >= 11 is 2.81. The molecule has 0 fully saturated rings. The van der Waals surface area contributed by atoms with Gasteiger partial charge in [0.05, 0.1) is 16.8 Å². The number of anilines is 1. The fourth-order valence-corrected chi connectivity index (χ4v) is 4.68. The fraction of sp³-hybridized carbons (Fsp3) is 0.190. The molecule has 2 heterocycles. The third-order valence-electron chi connectivity index (χ3n) is 4.64. The minimum atomic E-state index is -0.391. The molecule has 0 spiro atoms. The van der Waals surface area contributed by atoms with Crippen LogP contribution in [0, 0.1) is 0 Å². The number of para-hydroxylation sites is 1. The van der Waals surface area contributed by atoms with Crippen LogP contribution in [0.3, 0.4) is 0 Å². The quantitative estimate of drug-likeness (QED) is 0.410. The number of nitrogens with one attached hydrogen (secondary N) is 1. The van der Waals surface area contributed by atoms with Gasteiger partial charge < -0.3 is 10.1 Å². The van der Waals surface area contributed by atoms with E-state index in [1.165, 1.54) is 40.1 Å². The highest BCUT2D eigenvalue weighted by atomic mass is 32.2. The van der Waals surface area contributed by atoms with Crippen LogP contribution in [0.2, 0.25) is 0 Å². The first-order valence-corrected chi connectivity index (χ1v) is 11.1. The number of hydrogen-bond donors (Lipinski definition) is 1. The number of fused-ring (bicyclic) bond motifs is 1. The van der Waals surface area contributed by atoms with E-state index in [0.717, 1.165) is 9.24 Å². The zero-order valence-electron chi connectivity index (χ0n) is 16.5. The third kappa shape index (κ3) is 4.50. The van der Waals surface area contributed by atoms with E-state index in [0.29, 0.717) is 29.8 Å². The second kappa shape index (κ2) is 9.38. The van der Waals surface area contributed by atoms with Crippen LogP contribution in [0.5, 0.6) is 0 Å². The Morgan fingerprint density at radius 2 is 1.97 bits per heavy atom. The number of rotatable bonds is 8. The number of benzene rings is 2. The van der Waals surface area contributed by atoms with E-state index in [9.17, 15) is 14.4 Å². The Labute approximate surface area is 186 Å². The molecule has 3 aromatic rings. The number of hydrogen-bond acceptors (Lipinski definition) is 8. The van der Waals surface area contributed by atoms with Gasteiger partial charge in [0.2, 0.25) is 0 Å². The summed E-state index contributed by atoms with van der Waals surface area (Å²) in [6.45, 7) is 0.730. The number of nitrogens with zero attached hydrogens (tertiary/aromatic N) is 3. The molecule has 3 amide bonds. The maximum absolute atomic E-state index is 12.9. The van der Waals surface area contributed by atoms with Crippen LogP contribution in [0.1, 0.15) is 37.5 Å². The standard InChI is InChI=1S/C21H18N4O4S2/c1-29-10-4-9-25-19(27)14-8-7-13(11-15(14)20(25)28)18(26)23-16-5-2-3-6-17(16)31-21-24-22-12-30-21/h2-3,5-8,11-12H,4,9-10H2,1H3,(H,23,26). The van der Waals surface area contributed by atoms with E-state index < -0.39 is 5.91 Å². The van der Waals surface area contributed by atoms with Crippen molar-refractivity contribution in [2.24, 2.45) is 0 Å². The van der Waals surface area contributed by atoms with E-state index in [-0.39, 0.29) is 23.9 Å². The summed E-state index contributed by atoms with van der Waals surface area (Å²) in [7, 11) is 1.57. The van der Waals surface area contributed by atoms with Gasteiger partial charge in [0, 0.05) is 30.7 Å². The van der Waals surface area contributed by atoms with E-state index in [1.807, 2.05) is 18.2 Å². The first kappa shape index (κ1) is 21.2. The summed E-state index contributed by atoms with van der Waals surface area (Å²) in [6, 6.07) is 11.9. The molecule has 0 unspecified atom stereocenters. The topological polar surface area (TPSA) is 101 Å². The van der Waals surface area contributed by atoms with Gasteiger partial charge >= 0.3 is 0 Å². The van der Waals surface area contributed by atoms with E-state index in [1.54, 1.807) is 24.8 Å². The average Bonchev–Trinajstić information content (AvgIpc) is 3.37. The summed E-state index contributed by atoms with van der Waals surface area (Å²) in [4.78, 5) is 40.1. The molecule has 31 heavy (non-hydrogen) atoms. The van der Waals surface area contributed by atoms with Crippen LogP contribution in [0.25, 0.3) is 0 Å². The van der Waals surface area contributed by atoms with Crippen molar-refractivity contribution in [3.8, 4) is 0 Å². The van der Waals surface area contributed by atoms with Crippen molar-refractivity contribution in [3.63, 3.8) is 0 Å². The predicted molar refractivity (Wildman–Crippen MR) is 117 cm³/mol. The second-order valence-electron chi connectivity index (χ2n) is 6.63. The van der Waals surface area contributed by atoms with Crippen LogP contribution < -0.4 is 5.32 Å². The number of carbonyl (C=O) groups is 3. The summed E-state index contributed by atoms with van der Waals surface area (Å²) in [5.74, 6) is -1.11. The molecule has 1 N–H and O–H groups in total. The summed E-state index contributed by atoms with van der Waals surface area (Å²) in [5, 5.41) is 10.7. The van der Waals surface area contributed by atoms with Gasteiger partial charge in [-0.05, 0) is 36.8 Å². The molecule has 1 aliphatic rings.